The van der Waals surface area contributed by atoms with Crippen LogP contribution in [0.2, 0.25) is 0 Å². The van der Waals surface area contributed by atoms with Crippen LogP contribution >= 0.6 is 0 Å². The first-order chi connectivity index (χ1) is 16.0. The lowest BCUT2D eigenvalue weighted by Gasteiger charge is -2.29. The number of nitrogen functional groups attached to an aromatic ring is 1. The van der Waals surface area contributed by atoms with E-state index in [1.807, 2.05) is 20.8 Å². The number of aliphatic hydroxyl groups is 2. The summed E-state index contributed by atoms with van der Waals surface area (Å²) in [7, 11) is 0. The van der Waals surface area contributed by atoms with Crippen LogP contribution in [0.4, 0.5) is 10.2 Å². The number of alkyl halides is 1. The van der Waals surface area contributed by atoms with E-state index in [2.05, 4.69) is 15.4 Å². The van der Waals surface area contributed by atoms with Crippen molar-refractivity contribution in [3.63, 3.8) is 0 Å². The average Bonchev–Trinajstić information content (AvgIpc) is 3.36. The molecule has 0 amide bonds. The molecule has 34 heavy (non-hydrogen) atoms. The number of carbonyl (C=O) groups excluding carboxylic acids is 1. The quantitative estimate of drug-likeness (QED) is 0.204. The Hall–Kier alpha value is -2.38. The fraction of sp³-hybridized carbons (Fsp3) is 0.682. The van der Waals surface area contributed by atoms with Gasteiger partial charge in [-0.2, -0.15) is 5.10 Å². The van der Waals surface area contributed by atoms with Gasteiger partial charge >= 0.3 is 5.97 Å². The van der Waals surface area contributed by atoms with Gasteiger partial charge in [-0.3, -0.25) is 10.1 Å². The lowest BCUT2D eigenvalue weighted by atomic mass is 9.92. The number of carbonyl (C=O) groups is 1. The summed E-state index contributed by atoms with van der Waals surface area (Å²) < 4.78 is 32.2. The Morgan fingerprint density at radius 3 is 2.85 bits per heavy atom. The number of nitrogens with zero attached hydrogens (tertiary/aromatic N) is 3. The number of anilines is 1. The molecule has 0 spiro atoms. The van der Waals surface area contributed by atoms with Crippen LogP contribution in [0, 0.1) is 5.41 Å². The van der Waals surface area contributed by atoms with Gasteiger partial charge in [-0.15, -0.1) is 0 Å². The van der Waals surface area contributed by atoms with E-state index >= 15 is 0 Å². The molecule has 0 bridgehead atoms. The standard InChI is InChI=1S/C22H34FN5O6/c1-5-21(3,4)9-33-20(31)13(2)26-12-32-10-22(8-23)18(30)16(29)17(34-22)14-6-7-15-19(24)25-11-27-28(14)15/h6-7,11,13,16-18,26,29-30H,5,8-10,12H2,1-4H3,(H2,24,25,27)/t13-,16-,17-,18-,22+/m0/s1. The zero-order valence-electron chi connectivity index (χ0n) is 19.9. The first-order valence-corrected chi connectivity index (χ1v) is 11.2. The number of esters is 1. The zero-order valence-corrected chi connectivity index (χ0v) is 19.9. The van der Waals surface area contributed by atoms with E-state index < -0.39 is 42.6 Å². The van der Waals surface area contributed by atoms with Crippen LogP contribution in [0.1, 0.15) is 45.9 Å². The minimum Gasteiger partial charge on any atom is -0.464 e. The highest BCUT2D eigenvalue weighted by molar-refractivity contribution is 5.75. The highest BCUT2D eigenvalue weighted by Gasteiger charge is 2.55. The van der Waals surface area contributed by atoms with Crippen molar-refractivity contribution in [1.29, 1.82) is 0 Å². The Bertz CT molecular complexity index is 988. The Morgan fingerprint density at radius 2 is 2.18 bits per heavy atom. The number of aromatic nitrogens is 3. The van der Waals surface area contributed by atoms with Crippen molar-refractivity contribution in [3.8, 4) is 0 Å². The largest absolute Gasteiger partial charge is 0.464 e. The molecular formula is C22H34FN5O6. The van der Waals surface area contributed by atoms with Gasteiger partial charge in [0.2, 0.25) is 0 Å². The second kappa shape index (κ2) is 10.5. The molecule has 0 radical (unpaired) electrons. The molecule has 0 saturated carbocycles. The topological polar surface area (TPSA) is 153 Å². The zero-order chi connectivity index (χ0) is 25.1. The number of rotatable bonds is 11. The van der Waals surface area contributed by atoms with Gasteiger partial charge in [0, 0.05) is 0 Å². The van der Waals surface area contributed by atoms with Crippen molar-refractivity contribution < 1.29 is 33.6 Å². The monoisotopic (exact) mass is 483 g/mol. The van der Waals surface area contributed by atoms with Gasteiger partial charge in [-0.1, -0.05) is 20.8 Å². The Morgan fingerprint density at radius 1 is 1.44 bits per heavy atom. The molecule has 0 aromatic carbocycles. The highest BCUT2D eigenvalue weighted by Crippen LogP contribution is 2.41. The first kappa shape index (κ1) is 26.2. The van der Waals surface area contributed by atoms with Crippen LogP contribution in [0.25, 0.3) is 5.52 Å². The van der Waals surface area contributed by atoms with Gasteiger partial charge in [0.15, 0.2) is 5.82 Å². The lowest BCUT2D eigenvalue weighted by molar-refractivity contribution is -0.151. The molecule has 11 nitrogen and oxygen atoms in total. The summed E-state index contributed by atoms with van der Waals surface area (Å²) in [6.45, 7) is 6.36. The van der Waals surface area contributed by atoms with Gasteiger partial charge in [-0.05, 0) is 30.9 Å². The van der Waals surface area contributed by atoms with E-state index in [1.165, 1.54) is 10.8 Å². The molecule has 0 unspecified atom stereocenters. The third-order valence-corrected chi connectivity index (χ3v) is 6.32. The van der Waals surface area contributed by atoms with Crippen LogP contribution in [0.15, 0.2) is 18.5 Å². The molecule has 2 aromatic rings. The van der Waals surface area contributed by atoms with E-state index in [0.29, 0.717) is 17.8 Å². The Kier molecular flexibility index (Phi) is 8.09. The summed E-state index contributed by atoms with van der Waals surface area (Å²) in [6.07, 6.45) is -1.96. The maximum atomic E-state index is 14.1. The molecule has 5 atom stereocenters. The summed E-state index contributed by atoms with van der Waals surface area (Å²) >= 11 is 0. The number of nitrogens with two attached hydrogens (primary N) is 1. The number of hydrogen-bond donors (Lipinski definition) is 4. The molecule has 1 fully saturated rings. The highest BCUT2D eigenvalue weighted by atomic mass is 19.1. The van der Waals surface area contributed by atoms with Crippen LogP contribution in [0.3, 0.4) is 0 Å². The van der Waals surface area contributed by atoms with Crippen molar-refractivity contribution in [2.24, 2.45) is 5.41 Å². The number of nitrogens with one attached hydrogen (secondary N) is 1. The summed E-state index contributed by atoms with van der Waals surface area (Å²) in [4.78, 5) is 16.1. The van der Waals surface area contributed by atoms with E-state index in [0.717, 1.165) is 6.42 Å². The van der Waals surface area contributed by atoms with Crippen molar-refractivity contribution >= 4 is 17.3 Å². The summed E-state index contributed by atoms with van der Waals surface area (Å²) in [5.74, 6) is -0.203. The summed E-state index contributed by atoms with van der Waals surface area (Å²) in [6, 6.07) is 2.61. The molecule has 1 aliphatic rings. The number of ether oxygens (including phenoxy) is 3. The van der Waals surface area contributed by atoms with Gasteiger partial charge in [0.05, 0.1) is 25.6 Å². The molecule has 12 heteroatoms. The second-order valence-corrected chi connectivity index (χ2v) is 9.42. The summed E-state index contributed by atoms with van der Waals surface area (Å²) in [5.41, 5.74) is 4.80. The molecule has 1 saturated heterocycles. The van der Waals surface area contributed by atoms with Crippen molar-refractivity contribution in [3.05, 3.63) is 24.2 Å². The number of aliphatic hydroxyl groups excluding tert-OH is 2. The Labute approximate surface area is 197 Å². The predicted molar refractivity (Wildman–Crippen MR) is 120 cm³/mol. The van der Waals surface area contributed by atoms with E-state index in [-0.39, 0.29) is 24.6 Å². The molecule has 190 valence electrons. The van der Waals surface area contributed by atoms with Crippen LogP contribution in [-0.2, 0) is 19.0 Å². The molecule has 3 rings (SSSR count). The predicted octanol–water partition coefficient (Wildman–Crippen LogP) is 0.745. The minimum atomic E-state index is -1.80. The molecule has 0 aliphatic carbocycles. The van der Waals surface area contributed by atoms with Crippen molar-refractivity contribution in [1.82, 2.24) is 19.9 Å². The third kappa shape index (κ3) is 5.31. The van der Waals surface area contributed by atoms with Gasteiger partial charge in [0.25, 0.3) is 0 Å². The smallest absolute Gasteiger partial charge is 0.322 e. The number of fused-ring (bicyclic) bond motifs is 1. The fourth-order valence-electron chi connectivity index (χ4n) is 3.55. The number of hydrogen-bond acceptors (Lipinski definition) is 10. The molecule has 2 aromatic heterocycles. The SMILES string of the molecule is CCC(C)(C)COC(=O)[C@H](C)NCOC[C@@]1(CF)O[C@@H](c2ccc3c(N)ncnn23)[C@H](O)[C@@H]1O. The van der Waals surface area contributed by atoms with E-state index in [1.54, 1.807) is 19.1 Å². The molecule has 5 N–H and O–H groups in total. The maximum absolute atomic E-state index is 14.1. The van der Waals surface area contributed by atoms with E-state index in [4.69, 9.17) is 19.9 Å². The second-order valence-electron chi connectivity index (χ2n) is 9.42. The summed E-state index contributed by atoms with van der Waals surface area (Å²) in [5, 5.41) is 28.2. The van der Waals surface area contributed by atoms with Crippen LogP contribution in [0.5, 0.6) is 0 Å². The first-order valence-electron chi connectivity index (χ1n) is 11.2. The van der Waals surface area contributed by atoms with Gasteiger partial charge in [-0.25, -0.2) is 13.9 Å². The molecule has 1 aliphatic heterocycles. The fourth-order valence-corrected chi connectivity index (χ4v) is 3.55. The third-order valence-electron chi connectivity index (χ3n) is 6.32. The maximum Gasteiger partial charge on any atom is 0.322 e. The Balaban J connectivity index is 1.58. The minimum absolute atomic E-state index is 0.115. The average molecular weight is 484 g/mol. The van der Waals surface area contributed by atoms with E-state index in [9.17, 15) is 19.4 Å². The normalized spacial score (nSPS) is 26.1. The van der Waals surface area contributed by atoms with Gasteiger partial charge in [0.1, 0.15) is 48.5 Å². The van der Waals surface area contributed by atoms with Crippen molar-refractivity contribution in [2.75, 3.05) is 32.4 Å². The number of halogens is 1. The lowest BCUT2D eigenvalue weighted by Crippen LogP contribution is -2.50. The van der Waals surface area contributed by atoms with Gasteiger partial charge < -0.3 is 30.2 Å². The van der Waals surface area contributed by atoms with Crippen LogP contribution < -0.4 is 11.1 Å². The molecule has 3 heterocycles. The van der Waals surface area contributed by atoms with Crippen LogP contribution in [-0.4, -0.2) is 81.3 Å². The van der Waals surface area contributed by atoms with Crippen molar-refractivity contribution in [2.45, 2.75) is 64.1 Å². The molecular weight excluding hydrogens is 449 g/mol.